The molecule has 0 bridgehead atoms. The van der Waals surface area contributed by atoms with Gasteiger partial charge >= 0.3 is 0 Å². The molecule has 1 amide bonds. The second kappa shape index (κ2) is 6.13. The summed E-state index contributed by atoms with van der Waals surface area (Å²) in [4.78, 5) is 18.1. The molecule has 0 unspecified atom stereocenters. The smallest absolute Gasteiger partial charge is 0.276 e. The SMILES string of the molecule is CCn1cnnc1C1CCN(C(=O)c2ncccc2O)CC1. The predicted octanol–water partition coefficient (Wildman–Crippen LogP) is 1.42. The van der Waals surface area contributed by atoms with Crippen LogP contribution in [-0.2, 0) is 6.54 Å². The lowest BCUT2D eigenvalue weighted by Gasteiger charge is -2.31. The van der Waals surface area contributed by atoms with Gasteiger partial charge in [-0.15, -0.1) is 10.2 Å². The third-order valence-corrected chi connectivity index (χ3v) is 4.12. The number of rotatable bonds is 3. The van der Waals surface area contributed by atoms with Gasteiger partial charge in [0.2, 0.25) is 0 Å². The first-order chi connectivity index (χ1) is 10.7. The maximum absolute atomic E-state index is 12.4. The van der Waals surface area contributed by atoms with Gasteiger partial charge in [-0.2, -0.15) is 0 Å². The summed E-state index contributed by atoms with van der Waals surface area (Å²) in [5, 5.41) is 17.9. The number of piperidine rings is 1. The molecule has 0 aliphatic carbocycles. The molecule has 0 atom stereocenters. The Morgan fingerprint density at radius 3 is 2.86 bits per heavy atom. The molecule has 1 fully saturated rings. The Hall–Kier alpha value is -2.44. The summed E-state index contributed by atoms with van der Waals surface area (Å²) in [6.07, 6.45) is 4.96. The quantitative estimate of drug-likeness (QED) is 0.927. The van der Waals surface area contributed by atoms with Gasteiger partial charge in [0.05, 0.1) is 0 Å². The Bertz CT molecular complexity index is 661. The van der Waals surface area contributed by atoms with Crippen molar-refractivity contribution in [3.63, 3.8) is 0 Å². The van der Waals surface area contributed by atoms with Crippen molar-refractivity contribution in [2.75, 3.05) is 13.1 Å². The largest absolute Gasteiger partial charge is 0.505 e. The molecule has 0 radical (unpaired) electrons. The Morgan fingerprint density at radius 2 is 2.18 bits per heavy atom. The van der Waals surface area contributed by atoms with E-state index < -0.39 is 0 Å². The van der Waals surface area contributed by atoms with Crippen molar-refractivity contribution >= 4 is 5.91 Å². The summed E-state index contributed by atoms with van der Waals surface area (Å²) >= 11 is 0. The maximum Gasteiger partial charge on any atom is 0.276 e. The third kappa shape index (κ3) is 2.66. The average Bonchev–Trinajstić information content (AvgIpc) is 3.03. The van der Waals surface area contributed by atoms with Crippen LogP contribution in [-0.4, -0.2) is 48.8 Å². The van der Waals surface area contributed by atoms with Crippen molar-refractivity contribution in [2.24, 2.45) is 0 Å². The number of hydrogen-bond donors (Lipinski definition) is 1. The van der Waals surface area contributed by atoms with Gasteiger partial charge in [0.15, 0.2) is 5.69 Å². The highest BCUT2D eigenvalue weighted by atomic mass is 16.3. The van der Waals surface area contributed by atoms with Crippen molar-refractivity contribution in [1.82, 2.24) is 24.6 Å². The van der Waals surface area contributed by atoms with Crippen LogP contribution in [0.1, 0.15) is 42.0 Å². The predicted molar refractivity (Wildman–Crippen MR) is 79.5 cm³/mol. The van der Waals surface area contributed by atoms with E-state index in [4.69, 9.17) is 0 Å². The number of carbonyl (C=O) groups is 1. The number of aromatic nitrogens is 4. The van der Waals surface area contributed by atoms with Gasteiger partial charge in [0.25, 0.3) is 5.91 Å². The molecule has 0 saturated carbocycles. The summed E-state index contributed by atoms with van der Waals surface area (Å²) in [6.45, 7) is 4.19. The summed E-state index contributed by atoms with van der Waals surface area (Å²) in [5.74, 6) is 1.04. The number of amides is 1. The van der Waals surface area contributed by atoms with Crippen LogP contribution < -0.4 is 0 Å². The molecule has 3 heterocycles. The second-order valence-electron chi connectivity index (χ2n) is 5.41. The van der Waals surface area contributed by atoms with Crippen LogP contribution in [0.15, 0.2) is 24.7 Å². The van der Waals surface area contributed by atoms with E-state index in [1.54, 1.807) is 17.3 Å². The first-order valence-corrected chi connectivity index (χ1v) is 7.51. The van der Waals surface area contributed by atoms with E-state index in [2.05, 4.69) is 22.1 Å². The summed E-state index contributed by atoms with van der Waals surface area (Å²) in [7, 11) is 0. The van der Waals surface area contributed by atoms with Crippen LogP contribution in [0.3, 0.4) is 0 Å². The fraction of sp³-hybridized carbons (Fsp3) is 0.467. The number of aryl methyl sites for hydroxylation is 1. The van der Waals surface area contributed by atoms with Gasteiger partial charge < -0.3 is 14.6 Å². The molecule has 7 nitrogen and oxygen atoms in total. The molecule has 22 heavy (non-hydrogen) atoms. The van der Waals surface area contributed by atoms with E-state index in [1.807, 2.05) is 4.57 Å². The standard InChI is InChI=1S/C15H19N5O2/c1-2-19-10-17-18-14(19)11-5-8-20(9-6-11)15(22)13-12(21)4-3-7-16-13/h3-4,7,10-11,21H,2,5-6,8-9H2,1H3. The van der Waals surface area contributed by atoms with Crippen LogP contribution in [0.5, 0.6) is 5.75 Å². The molecule has 1 aliphatic rings. The van der Waals surface area contributed by atoms with Crippen LogP contribution in [0.4, 0.5) is 0 Å². The Balaban J connectivity index is 1.67. The van der Waals surface area contributed by atoms with Crippen molar-refractivity contribution in [3.8, 4) is 5.75 Å². The molecule has 2 aromatic heterocycles. The van der Waals surface area contributed by atoms with Crippen molar-refractivity contribution in [1.29, 1.82) is 0 Å². The number of aromatic hydroxyl groups is 1. The molecular formula is C15H19N5O2. The fourth-order valence-electron chi connectivity index (χ4n) is 2.88. The van der Waals surface area contributed by atoms with Crippen molar-refractivity contribution in [3.05, 3.63) is 36.2 Å². The van der Waals surface area contributed by atoms with E-state index in [1.165, 1.54) is 12.3 Å². The summed E-state index contributed by atoms with van der Waals surface area (Å²) in [6, 6.07) is 3.09. The van der Waals surface area contributed by atoms with E-state index in [-0.39, 0.29) is 17.4 Å². The van der Waals surface area contributed by atoms with Gasteiger partial charge in [-0.1, -0.05) is 0 Å². The second-order valence-corrected chi connectivity index (χ2v) is 5.41. The van der Waals surface area contributed by atoms with Crippen LogP contribution in [0.2, 0.25) is 0 Å². The topological polar surface area (TPSA) is 84.1 Å². The lowest BCUT2D eigenvalue weighted by atomic mass is 9.95. The maximum atomic E-state index is 12.4. The molecule has 7 heteroatoms. The molecule has 1 saturated heterocycles. The Labute approximate surface area is 128 Å². The first-order valence-electron chi connectivity index (χ1n) is 7.51. The normalized spacial score (nSPS) is 16.0. The van der Waals surface area contributed by atoms with Crippen LogP contribution >= 0.6 is 0 Å². The molecular weight excluding hydrogens is 282 g/mol. The minimum Gasteiger partial charge on any atom is -0.505 e. The van der Waals surface area contributed by atoms with E-state index >= 15 is 0 Å². The number of likely N-dealkylation sites (tertiary alicyclic amines) is 1. The number of carbonyl (C=O) groups excluding carboxylic acids is 1. The highest BCUT2D eigenvalue weighted by molar-refractivity contribution is 5.94. The monoisotopic (exact) mass is 301 g/mol. The first kappa shape index (κ1) is 14.5. The zero-order valence-electron chi connectivity index (χ0n) is 12.5. The highest BCUT2D eigenvalue weighted by Gasteiger charge is 2.28. The van der Waals surface area contributed by atoms with Crippen molar-refractivity contribution in [2.45, 2.75) is 32.2 Å². The number of pyridine rings is 1. The van der Waals surface area contributed by atoms with E-state index in [0.717, 1.165) is 25.2 Å². The molecule has 0 aromatic carbocycles. The number of nitrogens with zero attached hydrogens (tertiary/aromatic N) is 5. The third-order valence-electron chi connectivity index (χ3n) is 4.12. The fourth-order valence-corrected chi connectivity index (χ4v) is 2.88. The van der Waals surface area contributed by atoms with Crippen LogP contribution in [0.25, 0.3) is 0 Å². The van der Waals surface area contributed by atoms with Gasteiger partial charge in [-0.05, 0) is 31.9 Å². The Kier molecular flexibility index (Phi) is 4.04. The zero-order chi connectivity index (χ0) is 15.5. The van der Waals surface area contributed by atoms with E-state index in [9.17, 15) is 9.90 Å². The summed E-state index contributed by atoms with van der Waals surface area (Å²) < 4.78 is 2.05. The number of hydrogen-bond acceptors (Lipinski definition) is 5. The Morgan fingerprint density at radius 1 is 1.41 bits per heavy atom. The van der Waals surface area contributed by atoms with Crippen molar-refractivity contribution < 1.29 is 9.90 Å². The van der Waals surface area contributed by atoms with Gasteiger partial charge in [0.1, 0.15) is 17.9 Å². The minimum atomic E-state index is -0.214. The lowest BCUT2D eigenvalue weighted by Crippen LogP contribution is -2.38. The lowest BCUT2D eigenvalue weighted by molar-refractivity contribution is 0.0701. The van der Waals surface area contributed by atoms with Crippen LogP contribution in [0, 0.1) is 0 Å². The molecule has 116 valence electrons. The van der Waals surface area contributed by atoms with Gasteiger partial charge in [0, 0.05) is 31.7 Å². The highest BCUT2D eigenvalue weighted by Crippen LogP contribution is 2.28. The molecule has 0 spiro atoms. The summed E-state index contributed by atoms with van der Waals surface area (Å²) in [5.41, 5.74) is 0.123. The molecule has 1 N–H and O–H groups in total. The van der Waals surface area contributed by atoms with Gasteiger partial charge in [-0.25, -0.2) is 4.98 Å². The molecule has 2 aromatic rings. The van der Waals surface area contributed by atoms with Gasteiger partial charge in [-0.3, -0.25) is 4.79 Å². The average molecular weight is 301 g/mol. The van der Waals surface area contributed by atoms with E-state index in [0.29, 0.717) is 19.0 Å². The molecule has 3 rings (SSSR count). The molecule has 1 aliphatic heterocycles. The minimum absolute atomic E-state index is 0.0691. The zero-order valence-corrected chi connectivity index (χ0v) is 12.5.